The first kappa shape index (κ1) is 15.6. The summed E-state index contributed by atoms with van der Waals surface area (Å²) in [6.45, 7) is 1.76. The van der Waals surface area contributed by atoms with Crippen molar-refractivity contribution in [2.24, 2.45) is 5.14 Å². The zero-order chi connectivity index (χ0) is 15.6. The Balaban J connectivity index is 2.04. The van der Waals surface area contributed by atoms with Gasteiger partial charge in [-0.15, -0.1) is 11.3 Å². The smallest absolute Gasteiger partial charge is 0.251 e. The molecule has 5 nitrogen and oxygen atoms in total. The summed E-state index contributed by atoms with van der Waals surface area (Å²) < 4.78 is 35.7. The molecule has 0 spiro atoms. The van der Waals surface area contributed by atoms with Crippen molar-refractivity contribution in [3.63, 3.8) is 0 Å². The summed E-state index contributed by atoms with van der Waals surface area (Å²) in [7, 11) is -3.73. The van der Waals surface area contributed by atoms with E-state index in [0.29, 0.717) is 10.4 Å². The SMILES string of the molecule is Cc1ccc(C(=O)NCc2ccc(S(N)(=O)=O)s2)cc1F. The molecule has 2 rings (SSSR count). The van der Waals surface area contributed by atoms with Gasteiger partial charge in [0.2, 0.25) is 10.0 Å². The third-order valence-corrected chi connectivity index (χ3v) is 5.30. The lowest BCUT2D eigenvalue weighted by molar-refractivity contribution is 0.0951. The third-order valence-electron chi connectivity index (χ3n) is 2.77. The highest BCUT2D eigenvalue weighted by atomic mass is 32.2. The Labute approximate surface area is 125 Å². The van der Waals surface area contributed by atoms with Gasteiger partial charge in [-0.1, -0.05) is 6.07 Å². The van der Waals surface area contributed by atoms with Crippen LogP contribution in [0.2, 0.25) is 0 Å². The molecular weight excluding hydrogens is 315 g/mol. The fraction of sp³-hybridized carbons (Fsp3) is 0.154. The Kier molecular flexibility index (Phi) is 4.40. The molecule has 0 aliphatic carbocycles. The first-order valence-electron chi connectivity index (χ1n) is 5.93. The van der Waals surface area contributed by atoms with Crippen molar-refractivity contribution in [2.45, 2.75) is 17.7 Å². The predicted octanol–water partition coefficient (Wildman–Crippen LogP) is 1.77. The van der Waals surface area contributed by atoms with Crippen LogP contribution in [0.25, 0.3) is 0 Å². The van der Waals surface area contributed by atoms with Gasteiger partial charge in [-0.25, -0.2) is 17.9 Å². The van der Waals surface area contributed by atoms with Gasteiger partial charge in [0.25, 0.3) is 5.91 Å². The zero-order valence-corrected chi connectivity index (χ0v) is 12.7. The molecule has 1 amide bonds. The highest BCUT2D eigenvalue weighted by Gasteiger charge is 2.12. The lowest BCUT2D eigenvalue weighted by Gasteiger charge is -2.05. The average molecular weight is 328 g/mol. The Morgan fingerprint density at radius 2 is 2.05 bits per heavy atom. The molecule has 0 bridgehead atoms. The summed E-state index contributed by atoms with van der Waals surface area (Å²) in [5, 5.41) is 7.60. The van der Waals surface area contributed by atoms with Gasteiger partial charge < -0.3 is 5.32 Å². The summed E-state index contributed by atoms with van der Waals surface area (Å²) in [4.78, 5) is 12.5. The Bertz CT molecular complexity index is 784. The molecule has 3 N–H and O–H groups in total. The monoisotopic (exact) mass is 328 g/mol. The molecule has 1 aromatic carbocycles. The normalized spacial score (nSPS) is 11.4. The number of carbonyl (C=O) groups excluding carboxylic acids is 1. The number of benzene rings is 1. The molecule has 0 saturated carbocycles. The van der Waals surface area contributed by atoms with E-state index < -0.39 is 21.7 Å². The lowest BCUT2D eigenvalue weighted by Crippen LogP contribution is -2.22. The van der Waals surface area contributed by atoms with Gasteiger partial charge in [0.1, 0.15) is 10.0 Å². The third kappa shape index (κ3) is 3.87. The van der Waals surface area contributed by atoms with Crippen molar-refractivity contribution >= 4 is 27.3 Å². The molecule has 0 aliphatic rings. The van der Waals surface area contributed by atoms with Crippen LogP contribution in [0, 0.1) is 12.7 Å². The van der Waals surface area contributed by atoms with Crippen molar-refractivity contribution < 1.29 is 17.6 Å². The zero-order valence-electron chi connectivity index (χ0n) is 11.1. The second kappa shape index (κ2) is 5.92. The number of amides is 1. The van der Waals surface area contributed by atoms with Crippen molar-refractivity contribution in [1.29, 1.82) is 0 Å². The molecule has 0 atom stereocenters. The number of primary sulfonamides is 1. The number of sulfonamides is 1. The molecule has 2 aromatic rings. The number of carbonyl (C=O) groups is 1. The maximum atomic E-state index is 13.4. The van der Waals surface area contributed by atoms with Crippen LogP contribution in [-0.4, -0.2) is 14.3 Å². The summed E-state index contributed by atoms with van der Waals surface area (Å²) in [6, 6.07) is 7.16. The van der Waals surface area contributed by atoms with Gasteiger partial charge in [-0.2, -0.15) is 0 Å². The number of halogens is 1. The fourth-order valence-electron chi connectivity index (χ4n) is 1.61. The van der Waals surface area contributed by atoms with Gasteiger partial charge in [-0.05, 0) is 36.8 Å². The van der Waals surface area contributed by atoms with E-state index in [0.717, 1.165) is 17.4 Å². The van der Waals surface area contributed by atoms with Crippen LogP contribution in [0.3, 0.4) is 0 Å². The molecule has 112 valence electrons. The van der Waals surface area contributed by atoms with Gasteiger partial charge in [0.15, 0.2) is 0 Å². The molecule has 1 aromatic heterocycles. The topological polar surface area (TPSA) is 89.3 Å². The minimum Gasteiger partial charge on any atom is -0.347 e. The standard InChI is InChI=1S/C13H13FN2O3S2/c1-8-2-3-9(6-11(8)14)13(17)16-7-10-4-5-12(20-10)21(15,18)19/h2-6H,7H2,1H3,(H,16,17)(H2,15,18,19). The van der Waals surface area contributed by atoms with Crippen molar-refractivity contribution in [3.05, 3.63) is 52.2 Å². The number of thiophene rings is 1. The van der Waals surface area contributed by atoms with E-state index in [4.69, 9.17) is 5.14 Å². The second-order valence-corrected chi connectivity index (χ2v) is 7.37. The maximum Gasteiger partial charge on any atom is 0.251 e. The number of rotatable bonds is 4. The van der Waals surface area contributed by atoms with E-state index in [1.807, 2.05) is 0 Å². The van der Waals surface area contributed by atoms with E-state index in [-0.39, 0.29) is 16.3 Å². The van der Waals surface area contributed by atoms with Crippen LogP contribution >= 0.6 is 11.3 Å². The van der Waals surface area contributed by atoms with Crippen LogP contribution < -0.4 is 10.5 Å². The Morgan fingerprint density at radius 3 is 2.62 bits per heavy atom. The van der Waals surface area contributed by atoms with Crippen LogP contribution in [0.15, 0.2) is 34.5 Å². The van der Waals surface area contributed by atoms with E-state index >= 15 is 0 Å². The van der Waals surface area contributed by atoms with E-state index in [1.165, 1.54) is 18.2 Å². The summed E-state index contributed by atoms with van der Waals surface area (Å²) in [5.41, 5.74) is 0.670. The van der Waals surface area contributed by atoms with Crippen molar-refractivity contribution in [2.75, 3.05) is 0 Å². The number of hydrogen-bond acceptors (Lipinski definition) is 4. The van der Waals surface area contributed by atoms with E-state index in [1.54, 1.807) is 13.0 Å². The molecular formula is C13H13FN2O3S2. The fourth-order valence-corrected chi connectivity index (χ4v) is 3.33. The first-order chi connectivity index (χ1) is 9.77. The molecule has 1 heterocycles. The highest BCUT2D eigenvalue weighted by Crippen LogP contribution is 2.20. The van der Waals surface area contributed by atoms with Gasteiger partial charge >= 0.3 is 0 Å². The van der Waals surface area contributed by atoms with Gasteiger partial charge in [0.05, 0.1) is 6.54 Å². The minimum absolute atomic E-state index is 0.0353. The Morgan fingerprint density at radius 1 is 1.33 bits per heavy atom. The lowest BCUT2D eigenvalue weighted by atomic mass is 10.1. The molecule has 0 unspecified atom stereocenters. The van der Waals surface area contributed by atoms with Crippen LogP contribution in [-0.2, 0) is 16.6 Å². The summed E-state index contributed by atoms with van der Waals surface area (Å²) in [6.07, 6.45) is 0. The van der Waals surface area contributed by atoms with E-state index in [9.17, 15) is 17.6 Å². The maximum absolute atomic E-state index is 13.4. The molecule has 0 fully saturated rings. The molecule has 21 heavy (non-hydrogen) atoms. The quantitative estimate of drug-likeness (QED) is 0.896. The molecule has 0 aliphatic heterocycles. The minimum atomic E-state index is -3.73. The van der Waals surface area contributed by atoms with Crippen molar-refractivity contribution in [3.8, 4) is 0 Å². The predicted molar refractivity (Wildman–Crippen MR) is 78.0 cm³/mol. The second-order valence-electron chi connectivity index (χ2n) is 4.41. The van der Waals surface area contributed by atoms with Crippen molar-refractivity contribution in [1.82, 2.24) is 5.32 Å². The first-order valence-corrected chi connectivity index (χ1v) is 8.29. The molecule has 0 saturated heterocycles. The number of nitrogens with two attached hydrogens (primary N) is 1. The largest absolute Gasteiger partial charge is 0.347 e. The number of aryl methyl sites for hydroxylation is 1. The van der Waals surface area contributed by atoms with Crippen LogP contribution in [0.1, 0.15) is 20.8 Å². The highest BCUT2D eigenvalue weighted by molar-refractivity contribution is 7.91. The number of nitrogens with one attached hydrogen (secondary N) is 1. The molecule has 0 radical (unpaired) electrons. The summed E-state index contributed by atoms with van der Waals surface area (Å²) in [5.74, 6) is -0.880. The number of hydrogen-bond donors (Lipinski definition) is 2. The summed E-state index contributed by atoms with van der Waals surface area (Å²) >= 11 is 0.981. The Hall–Kier alpha value is -1.77. The van der Waals surface area contributed by atoms with Gasteiger partial charge in [-0.3, -0.25) is 4.79 Å². The van der Waals surface area contributed by atoms with Crippen LogP contribution in [0.4, 0.5) is 4.39 Å². The van der Waals surface area contributed by atoms with Gasteiger partial charge in [0, 0.05) is 10.4 Å². The molecule has 8 heteroatoms. The average Bonchev–Trinajstić information content (AvgIpc) is 2.88. The van der Waals surface area contributed by atoms with E-state index in [2.05, 4.69) is 5.32 Å². The van der Waals surface area contributed by atoms with Crippen LogP contribution in [0.5, 0.6) is 0 Å².